The monoisotopic (exact) mass is 294 g/mol. The van der Waals surface area contributed by atoms with Gasteiger partial charge in [0.25, 0.3) is 0 Å². The predicted octanol–water partition coefficient (Wildman–Crippen LogP) is 3.86. The molecule has 2 rings (SSSR count). The molecule has 0 aliphatic rings. The van der Waals surface area contributed by atoms with Gasteiger partial charge in [-0.25, -0.2) is 4.39 Å². The van der Waals surface area contributed by atoms with Gasteiger partial charge in [0.1, 0.15) is 5.82 Å². The fraction of sp³-hybridized carbons (Fsp3) is 0.143. The first-order chi connectivity index (χ1) is 8.16. The molecule has 17 heavy (non-hydrogen) atoms. The van der Waals surface area contributed by atoms with Crippen molar-refractivity contribution in [1.82, 2.24) is 0 Å². The Morgan fingerprint density at radius 1 is 1.12 bits per heavy atom. The van der Waals surface area contributed by atoms with E-state index in [-0.39, 0.29) is 5.82 Å². The number of aliphatic hydroxyl groups is 1. The minimum absolute atomic E-state index is 0.340. The molecule has 1 atom stereocenters. The standard InChI is InChI=1S/C14H12BrFO/c15-11-5-3-4-10(8-11)9-14(17)12-6-1-2-7-13(12)16/h1-8,14,17H,9H2. The van der Waals surface area contributed by atoms with Crippen LogP contribution in [0.25, 0.3) is 0 Å². The van der Waals surface area contributed by atoms with E-state index in [9.17, 15) is 9.50 Å². The first-order valence-electron chi connectivity index (χ1n) is 5.34. The normalized spacial score (nSPS) is 12.4. The molecule has 2 aromatic rings. The van der Waals surface area contributed by atoms with Gasteiger partial charge in [0.2, 0.25) is 0 Å². The Labute approximate surface area is 108 Å². The number of hydrogen-bond acceptors (Lipinski definition) is 1. The minimum atomic E-state index is -0.814. The second kappa shape index (κ2) is 5.43. The van der Waals surface area contributed by atoms with Crippen LogP contribution in [0.1, 0.15) is 17.2 Å². The fourth-order valence-corrected chi connectivity index (χ4v) is 2.19. The van der Waals surface area contributed by atoms with Crippen molar-refractivity contribution in [2.24, 2.45) is 0 Å². The lowest BCUT2D eigenvalue weighted by atomic mass is 10.0. The van der Waals surface area contributed by atoms with Crippen molar-refractivity contribution in [2.75, 3.05) is 0 Å². The Morgan fingerprint density at radius 3 is 2.59 bits per heavy atom. The first-order valence-corrected chi connectivity index (χ1v) is 6.13. The zero-order valence-corrected chi connectivity index (χ0v) is 10.7. The van der Waals surface area contributed by atoms with E-state index in [4.69, 9.17) is 0 Å². The Balaban J connectivity index is 2.17. The molecule has 88 valence electrons. The second-order valence-electron chi connectivity index (χ2n) is 3.87. The maximum absolute atomic E-state index is 13.5. The van der Waals surface area contributed by atoms with Crippen LogP contribution in [-0.2, 0) is 6.42 Å². The van der Waals surface area contributed by atoms with Crippen LogP contribution in [0.2, 0.25) is 0 Å². The van der Waals surface area contributed by atoms with Crippen LogP contribution in [0.4, 0.5) is 4.39 Å². The summed E-state index contributed by atoms with van der Waals surface area (Å²) in [5, 5.41) is 9.99. The zero-order chi connectivity index (χ0) is 12.3. The van der Waals surface area contributed by atoms with Crippen molar-refractivity contribution >= 4 is 15.9 Å². The lowest BCUT2D eigenvalue weighted by Crippen LogP contribution is -2.04. The van der Waals surface area contributed by atoms with Gasteiger partial charge in [-0.05, 0) is 23.8 Å². The van der Waals surface area contributed by atoms with E-state index in [1.165, 1.54) is 6.07 Å². The molecule has 0 fully saturated rings. The molecule has 0 amide bonds. The van der Waals surface area contributed by atoms with Crippen LogP contribution in [-0.4, -0.2) is 5.11 Å². The topological polar surface area (TPSA) is 20.2 Å². The summed E-state index contributed by atoms with van der Waals surface area (Å²) in [5.41, 5.74) is 1.31. The van der Waals surface area contributed by atoms with E-state index in [2.05, 4.69) is 15.9 Å². The molecule has 2 aromatic carbocycles. The first kappa shape index (κ1) is 12.3. The Kier molecular flexibility index (Phi) is 3.92. The van der Waals surface area contributed by atoms with E-state index < -0.39 is 6.10 Å². The predicted molar refractivity (Wildman–Crippen MR) is 69.2 cm³/mol. The Hall–Kier alpha value is -1.19. The Morgan fingerprint density at radius 2 is 1.88 bits per heavy atom. The third-order valence-corrected chi connectivity index (χ3v) is 3.08. The van der Waals surface area contributed by atoms with E-state index in [1.807, 2.05) is 24.3 Å². The van der Waals surface area contributed by atoms with Crippen LogP contribution < -0.4 is 0 Å². The van der Waals surface area contributed by atoms with Crippen molar-refractivity contribution in [3.63, 3.8) is 0 Å². The van der Waals surface area contributed by atoms with E-state index in [1.54, 1.807) is 18.2 Å². The smallest absolute Gasteiger partial charge is 0.129 e. The molecule has 0 aromatic heterocycles. The molecule has 0 saturated carbocycles. The van der Waals surface area contributed by atoms with Crippen LogP contribution in [0.3, 0.4) is 0 Å². The van der Waals surface area contributed by atoms with Crippen molar-refractivity contribution < 1.29 is 9.50 Å². The summed E-state index contributed by atoms with van der Waals surface area (Å²) in [6, 6.07) is 14.0. The highest BCUT2D eigenvalue weighted by molar-refractivity contribution is 9.10. The average molecular weight is 295 g/mol. The van der Waals surface area contributed by atoms with Crippen LogP contribution in [0.5, 0.6) is 0 Å². The molecule has 0 aliphatic carbocycles. The number of benzene rings is 2. The van der Waals surface area contributed by atoms with Gasteiger partial charge in [-0.1, -0.05) is 46.3 Å². The Bertz CT molecular complexity index is 513. The maximum Gasteiger partial charge on any atom is 0.129 e. The molecule has 1 unspecified atom stereocenters. The average Bonchev–Trinajstić information content (AvgIpc) is 2.29. The van der Waals surface area contributed by atoms with Gasteiger partial charge in [-0.2, -0.15) is 0 Å². The molecule has 1 nitrogen and oxygen atoms in total. The number of halogens is 2. The molecule has 1 N–H and O–H groups in total. The van der Waals surface area contributed by atoms with Crippen molar-refractivity contribution in [2.45, 2.75) is 12.5 Å². The van der Waals surface area contributed by atoms with Crippen LogP contribution in [0, 0.1) is 5.82 Å². The van der Waals surface area contributed by atoms with Gasteiger partial charge in [0.05, 0.1) is 6.10 Å². The van der Waals surface area contributed by atoms with Crippen LogP contribution in [0.15, 0.2) is 53.0 Å². The molecule has 0 radical (unpaired) electrons. The van der Waals surface area contributed by atoms with Gasteiger partial charge in [0.15, 0.2) is 0 Å². The molecular weight excluding hydrogens is 283 g/mol. The largest absolute Gasteiger partial charge is 0.388 e. The third kappa shape index (κ3) is 3.14. The van der Waals surface area contributed by atoms with Gasteiger partial charge >= 0.3 is 0 Å². The summed E-state index contributed by atoms with van der Waals surface area (Å²) >= 11 is 3.37. The van der Waals surface area contributed by atoms with E-state index >= 15 is 0 Å². The van der Waals surface area contributed by atoms with E-state index in [0.717, 1.165) is 10.0 Å². The van der Waals surface area contributed by atoms with Crippen molar-refractivity contribution in [1.29, 1.82) is 0 Å². The van der Waals surface area contributed by atoms with Gasteiger partial charge < -0.3 is 5.11 Å². The third-order valence-electron chi connectivity index (χ3n) is 2.58. The van der Waals surface area contributed by atoms with Crippen molar-refractivity contribution in [3.8, 4) is 0 Å². The molecule has 0 bridgehead atoms. The highest BCUT2D eigenvalue weighted by atomic mass is 79.9. The maximum atomic E-state index is 13.5. The molecule has 0 saturated heterocycles. The fourth-order valence-electron chi connectivity index (χ4n) is 1.74. The summed E-state index contributed by atoms with van der Waals surface area (Å²) in [7, 11) is 0. The van der Waals surface area contributed by atoms with Crippen molar-refractivity contribution in [3.05, 3.63) is 69.9 Å². The molecule has 0 spiro atoms. The molecule has 3 heteroatoms. The number of aliphatic hydroxyl groups excluding tert-OH is 1. The quantitative estimate of drug-likeness (QED) is 0.911. The summed E-state index contributed by atoms with van der Waals surface area (Å²) < 4.78 is 14.4. The lowest BCUT2D eigenvalue weighted by molar-refractivity contribution is 0.173. The number of hydrogen-bond donors (Lipinski definition) is 1. The van der Waals surface area contributed by atoms with Gasteiger partial charge in [-0.15, -0.1) is 0 Å². The minimum Gasteiger partial charge on any atom is -0.388 e. The van der Waals surface area contributed by atoms with Gasteiger partial charge in [0, 0.05) is 16.5 Å². The SMILES string of the molecule is OC(Cc1cccc(Br)c1)c1ccccc1F. The van der Waals surface area contributed by atoms with E-state index in [0.29, 0.717) is 12.0 Å². The molecule has 0 aliphatic heterocycles. The summed E-state index contributed by atoms with van der Waals surface area (Å²) in [6.45, 7) is 0. The van der Waals surface area contributed by atoms with Gasteiger partial charge in [-0.3, -0.25) is 0 Å². The summed E-state index contributed by atoms with van der Waals surface area (Å²) in [5.74, 6) is -0.366. The molecular formula is C14H12BrFO. The second-order valence-corrected chi connectivity index (χ2v) is 4.79. The molecule has 0 heterocycles. The lowest BCUT2D eigenvalue weighted by Gasteiger charge is -2.12. The highest BCUT2D eigenvalue weighted by Gasteiger charge is 2.12. The highest BCUT2D eigenvalue weighted by Crippen LogP contribution is 2.22. The number of rotatable bonds is 3. The summed E-state index contributed by atoms with van der Waals surface area (Å²) in [6.07, 6.45) is -0.411. The van der Waals surface area contributed by atoms with Crippen LogP contribution >= 0.6 is 15.9 Å². The summed E-state index contributed by atoms with van der Waals surface area (Å²) in [4.78, 5) is 0. The zero-order valence-electron chi connectivity index (χ0n) is 9.11.